The molecule has 1 saturated carbocycles. The second kappa shape index (κ2) is 5.04. The summed E-state index contributed by atoms with van der Waals surface area (Å²) in [4.78, 5) is 4.68. The molecule has 0 radical (unpaired) electrons. The van der Waals surface area contributed by atoms with Gasteiger partial charge in [-0.1, -0.05) is 37.5 Å². The molecule has 1 aliphatic carbocycles. The zero-order valence-corrected chi connectivity index (χ0v) is 12.0. The molecule has 1 aromatic carbocycles. The van der Waals surface area contributed by atoms with Crippen LogP contribution >= 0.6 is 11.3 Å². The molecular weight excluding hydrogens is 257 g/mol. The van der Waals surface area contributed by atoms with E-state index in [9.17, 15) is 4.39 Å². The molecule has 1 nitrogen and oxygen atoms in total. The number of aromatic nitrogens is 1. The van der Waals surface area contributed by atoms with Crippen molar-refractivity contribution >= 4 is 11.3 Å². The van der Waals surface area contributed by atoms with Crippen LogP contribution in [0.1, 0.15) is 48.4 Å². The quantitative estimate of drug-likeness (QED) is 0.764. The van der Waals surface area contributed by atoms with Crippen LogP contribution in [-0.2, 0) is 5.41 Å². The summed E-state index contributed by atoms with van der Waals surface area (Å²) in [6.45, 7) is 2.02. The van der Waals surface area contributed by atoms with Crippen LogP contribution in [0.4, 0.5) is 4.39 Å². The smallest absolute Gasteiger partial charge is 0.127 e. The normalized spacial score (nSPS) is 18.4. The molecule has 3 heteroatoms. The van der Waals surface area contributed by atoms with Crippen LogP contribution in [0.5, 0.6) is 0 Å². The maximum absolute atomic E-state index is 14.3. The van der Waals surface area contributed by atoms with Crippen molar-refractivity contribution in [3.05, 3.63) is 51.7 Å². The Balaban J connectivity index is 2.14. The van der Waals surface area contributed by atoms with Crippen LogP contribution in [0.2, 0.25) is 0 Å². The Labute approximate surface area is 117 Å². The fourth-order valence-electron chi connectivity index (χ4n) is 3.25. The van der Waals surface area contributed by atoms with Crippen LogP contribution in [0.15, 0.2) is 29.6 Å². The van der Waals surface area contributed by atoms with Gasteiger partial charge in [-0.2, -0.15) is 0 Å². The van der Waals surface area contributed by atoms with E-state index in [1.54, 1.807) is 23.5 Å². The Kier molecular flexibility index (Phi) is 3.40. The van der Waals surface area contributed by atoms with Crippen molar-refractivity contribution in [3.8, 4) is 0 Å². The van der Waals surface area contributed by atoms with Gasteiger partial charge >= 0.3 is 0 Å². The Morgan fingerprint density at radius 1 is 1.16 bits per heavy atom. The van der Waals surface area contributed by atoms with Crippen molar-refractivity contribution in [2.24, 2.45) is 0 Å². The summed E-state index contributed by atoms with van der Waals surface area (Å²) >= 11 is 1.66. The lowest BCUT2D eigenvalue weighted by atomic mass is 9.67. The Hall–Kier alpha value is -1.22. The molecule has 1 heterocycles. The van der Waals surface area contributed by atoms with Gasteiger partial charge in [-0.25, -0.2) is 9.37 Å². The minimum Gasteiger partial charge on any atom is -0.246 e. The van der Waals surface area contributed by atoms with Crippen LogP contribution in [0.25, 0.3) is 0 Å². The minimum atomic E-state index is -0.200. The average molecular weight is 275 g/mol. The molecule has 0 amide bonds. The second-order valence-corrected chi connectivity index (χ2v) is 6.44. The van der Waals surface area contributed by atoms with E-state index < -0.39 is 0 Å². The minimum absolute atomic E-state index is 0.0879. The molecule has 0 bridgehead atoms. The van der Waals surface area contributed by atoms with E-state index in [4.69, 9.17) is 0 Å². The van der Waals surface area contributed by atoms with Crippen molar-refractivity contribution < 1.29 is 4.39 Å². The SMILES string of the molecule is Cc1nc(C2(c3ccccc3F)CCCCC2)cs1. The van der Waals surface area contributed by atoms with Crippen LogP contribution in [0, 0.1) is 12.7 Å². The van der Waals surface area contributed by atoms with Gasteiger partial charge in [0.2, 0.25) is 0 Å². The third kappa shape index (κ3) is 2.20. The van der Waals surface area contributed by atoms with Gasteiger partial charge in [0, 0.05) is 10.8 Å². The van der Waals surface area contributed by atoms with Crippen LogP contribution in [0.3, 0.4) is 0 Å². The van der Waals surface area contributed by atoms with E-state index >= 15 is 0 Å². The lowest BCUT2D eigenvalue weighted by molar-refractivity contribution is 0.329. The molecule has 0 unspecified atom stereocenters. The van der Waals surface area contributed by atoms with Gasteiger partial charge in [-0.05, 0) is 31.4 Å². The van der Waals surface area contributed by atoms with Gasteiger partial charge in [0.1, 0.15) is 5.82 Å². The number of benzene rings is 1. The summed E-state index contributed by atoms with van der Waals surface area (Å²) in [5.74, 6) is -0.0879. The second-order valence-electron chi connectivity index (χ2n) is 5.37. The fourth-order valence-corrected chi connectivity index (χ4v) is 3.96. The number of nitrogens with zero attached hydrogens (tertiary/aromatic N) is 1. The Bertz CT molecular complexity index is 570. The van der Waals surface area contributed by atoms with Crippen molar-refractivity contribution in [3.63, 3.8) is 0 Å². The zero-order chi connectivity index (χ0) is 13.3. The predicted molar refractivity (Wildman–Crippen MR) is 77.1 cm³/mol. The molecular formula is C16H18FNS. The Morgan fingerprint density at radius 2 is 1.89 bits per heavy atom. The molecule has 0 N–H and O–H groups in total. The first-order valence-electron chi connectivity index (χ1n) is 6.90. The summed E-state index contributed by atoms with van der Waals surface area (Å²) < 4.78 is 14.3. The number of aryl methyl sites for hydroxylation is 1. The van der Waals surface area contributed by atoms with E-state index in [0.717, 1.165) is 41.9 Å². The molecule has 0 saturated heterocycles. The van der Waals surface area contributed by atoms with Crippen LogP contribution < -0.4 is 0 Å². The standard InChI is InChI=1S/C16H18FNS/c1-12-18-15(11-19-12)16(9-5-2-6-10-16)13-7-3-4-8-14(13)17/h3-4,7-8,11H,2,5-6,9-10H2,1H3. The molecule has 0 aliphatic heterocycles. The van der Waals surface area contributed by atoms with Gasteiger partial charge in [0.05, 0.1) is 10.7 Å². The molecule has 100 valence electrons. The monoisotopic (exact) mass is 275 g/mol. The average Bonchev–Trinajstić information content (AvgIpc) is 2.87. The highest BCUT2D eigenvalue weighted by molar-refractivity contribution is 7.09. The van der Waals surface area contributed by atoms with Crippen LogP contribution in [-0.4, -0.2) is 4.98 Å². The van der Waals surface area contributed by atoms with Crippen molar-refractivity contribution in [2.45, 2.75) is 44.4 Å². The van der Waals surface area contributed by atoms with Gasteiger partial charge in [-0.3, -0.25) is 0 Å². The van der Waals surface area contributed by atoms with Gasteiger partial charge in [-0.15, -0.1) is 11.3 Å². The summed E-state index contributed by atoms with van der Waals surface area (Å²) in [5, 5.41) is 3.18. The summed E-state index contributed by atoms with van der Waals surface area (Å²) in [5.41, 5.74) is 1.70. The number of hydrogen-bond acceptors (Lipinski definition) is 2. The van der Waals surface area contributed by atoms with Crippen molar-refractivity contribution in [1.82, 2.24) is 4.98 Å². The number of thiazole rings is 1. The van der Waals surface area contributed by atoms with Gasteiger partial charge in [0.15, 0.2) is 0 Å². The maximum Gasteiger partial charge on any atom is 0.127 e. The largest absolute Gasteiger partial charge is 0.246 e. The third-order valence-electron chi connectivity index (χ3n) is 4.21. The lowest BCUT2D eigenvalue weighted by Crippen LogP contribution is -2.32. The van der Waals surface area contributed by atoms with E-state index in [1.807, 2.05) is 19.1 Å². The third-order valence-corrected chi connectivity index (χ3v) is 4.98. The fraction of sp³-hybridized carbons (Fsp3) is 0.438. The molecule has 19 heavy (non-hydrogen) atoms. The predicted octanol–water partition coefficient (Wildman–Crippen LogP) is 4.84. The van der Waals surface area contributed by atoms with E-state index in [0.29, 0.717) is 0 Å². The zero-order valence-electron chi connectivity index (χ0n) is 11.2. The summed E-state index contributed by atoms with van der Waals surface area (Å²) in [6, 6.07) is 7.22. The topological polar surface area (TPSA) is 12.9 Å². The highest BCUT2D eigenvalue weighted by atomic mass is 32.1. The van der Waals surface area contributed by atoms with Crippen molar-refractivity contribution in [1.29, 1.82) is 0 Å². The molecule has 1 fully saturated rings. The highest BCUT2D eigenvalue weighted by Crippen LogP contribution is 2.45. The molecule has 2 aromatic rings. The molecule has 0 spiro atoms. The number of hydrogen-bond donors (Lipinski definition) is 0. The van der Waals surface area contributed by atoms with E-state index in [1.165, 1.54) is 6.42 Å². The van der Waals surface area contributed by atoms with E-state index in [2.05, 4.69) is 10.4 Å². The molecule has 3 rings (SSSR count). The highest BCUT2D eigenvalue weighted by Gasteiger charge is 2.39. The van der Waals surface area contributed by atoms with Crippen molar-refractivity contribution in [2.75, 3.05) is 0 Å². The lowest BCUT2D eigenvalue weighted by Gasteiger charge is -2.36. The molecule has 0 atom stereocenters. The molecule has 1 aromatic heterocycles. The summed E-state index contributed by atoms with van der Waals surface area (Å²) in [6.07, 6.45) is 5.59. The first-order chi connectivity index (χ1) is 9.22. The van der Waals surface area contributed by atoms with E-state index in [-0.39, 0.29) is 11.2 Å². The first-order valence-corrected chi connectivity index (χ1v) is 7.78. The Morgan fingerprint density at radius 3 is 2.53 bits per heavy atom. The summed E-state index contributed by atoms with van der Waals surface area (Å²) in [7, 11) is 0. The maximum atomic E-state index is 14.3. The first kappa shape index (κ1) is 12.8. The number of halogens is 1. The van der Waals surface area contributed by atoms with Gasteiger partial charge in [0.25, 0.3) is 0 Å². The van der Waals surface area contributed by atoms with Gasteiger partial charge < -0.3 is 0 Å². The molecule has 1 aliphatic rings. The number of rotatable bonds is 2.